The molecule has 1 aliphatic heterocycles. The number of carbonyl (C=O) groups is 1. The van der Waals surface area contributed by atoms with Gasteiger partial charge >= 0.3 is 0 Å². The molecule has 0 spiro atoms. The zero-order chi connectivity index (χ0) is 12.3. The number of hydrogen-bond acceptors (Lipinski definition) is 3. The van der Waals surface area contributed by atoms with E-state index in [-0.39, 0.29) is 5.78 Å². The van der Waals surface area contributed by atoms with Crippen LogP contribution in [0.4, 0.5) is 5.69 Å². The molecule has 1 heterocycles. The van der Waals surface area contributed by atoms with Crippen molar-refractivity contribution in [3.63, 3.8) is 0 Å². The second-order valence-electron chi connectivity index (χ2n) is 4.46. The van der Waals surface area contributed by atoms with Gasteiger partial charge in [-0.05, 0) is 44.1 Å². The fourth-order valence-corrected chi connectivity index (χ4v) is 2.24. The summed E-state index contributed by atoms with van der Waals surface area (Å²) in [4.78, 5) is 14.3. The predicted molar refractivity (Wildman–Crippen MR) is 70.5 cm³/mol. The van der Waals surface area contributed by atoms with Gasteiger partial charge in [0.15, 0.2) is 5.78 Å². The lowest BCUT2D eigenvalue weighted by molar-refractivity contribution is 0.0969. The lowest BCUT2D eigenvalue weighted by atomic mass is 10.1. The van der Waals surface area contributed by atoms with Crippen LogP contribution in [0.25, 0.3) is 0 Å². The fourth-order valence-electron chi connectivity index (χ4n) is 2.13. The highest BCUT2D eigenvalue weighted by Gasteiger charge is 2.14. The van der Waals surface area contributed by atoms with E-state index < -0.39 is 0 Å². The van der Waals surface area contributed by atoms with Crippen molar-refractivity contribution < 1.29 is 4.79 Å². The summed E-state index contributed by atoms with van der Waals surface area (Å²) >= 11 is 5.82. The van der Waals surface area contributed by atoms with Gasteiger partial charge in [0, 0.05) is 18.5 Å². The first kappa shape index (κ1) is 12.4. The van der Waals surface area contributed by atoms with Gasteiger partial charge in [0.2, 0.25) is 0 Å². The normalized spacial score (nSPS) is 16.3. The highest BCUT2D eigenvalue weighted by atomic mass is 35.5. The molecule has 1 saturated heterocycles. The molecule has 1 aromatic carbocycles. The van der Waals surface area contributed by atoms with Crippen LogP contribution in [-0.4, -0.2) is 30.3 Å². The third-order valence-electron chi connectivity index (χ3n) is 3.17. The molecule has 3 nitrogen and oxygen atoms in total. The van der Waals surface area contributed by atoms with E-state index >= 15 is 0 Å². The van der Waals surface area contributed by atoms with Crippen LogP contribution in [0.15, 0.2) is 18.2 Å². The molecule has 0 unspecified atom stereocenters. The largest absolute Gasteiger partial charge is 0.398 e. The smallest absolute Gasteiger partial charge is 0.164 e. The molecule has 1 aromatic rings. The van der Waals surface area contributed by atoms with Gasteiger partial charge in [0.05, 0.1) is 10.7 Å². The topological polar surface area (TPSA) is 46.3 Å². The number of rotatable bonds is 4. The molecule has 1 fully saturated rings. The van der Waals surface area contributed by atoms with E-state index in [1.54, 1.807) is 18.2 Å². The van der Waals surface area contributed by atoms with E-state index in [1.165, 1.54) is 12.8 Å². The van der Waals surface area contributed by atoms with Crippen LogP contribution in [0.1, 0.15) is 29.6 Å². The molecule has 92 valence electrons. The number of nitrogens with zero attached hydrogens (tertiary/aromatic N) is 1. The van der Waals surface area contributed by atoms with Crippen molar-refractivity contribution in [2.75, 3.05) is 25.4 Å². The Morgan fingerprint density at radius 1 is 1.35 bits per heavy atom. The van der Waals surface area contributed by atoms with Crippen molar-refractivity contribution in [3.8, 4) is 0 Å². The summed E-state index contributed by atoms with van der Waals surface area (Å²) in [6, 6.07) is 5.08. The first-order valence-electron chi connectivity index (χ1n) is 5.97. The van der Waals surface area contributed by atoms with Crippen molar-refractivity contribution in [3.05, 3.63) is 28.8 Å². The number of ketones is 1. The summed E-state index contributed by atoms with van der Waals surface area (Å²) in [7, 11) is 0. The monoisotopic (exact) mass is 252 g/mol. The van der Waals surface area contributed by atoms with Crippen LogP contribution < -0.4 is 5.73 Å². The number of likely N-dealkylation sites (tertiary alicyclic amines) is 1. The number of halogens is 1. The highest BCUT2D eigenvalue weighted by Crippen LogP contribution is 2.20. The number of nitrogen functional groups attached to an aromatic ring is 1. The molecular formula is C13H17ClN2O. The first-order chi connectivity index (χ1) is 8.16. The van der Waals surface area contributed by atoms with E-state index in [9.17, 15) is 4.79 Å². The van der Waals surface area contributed by atoms with Gasteiger partial charge in [-0.3, -0.25) is 4.79 Å². The van der Waals surface area contributed by atoms with Gasteiger partial charge in [0.1, 0.15) is 0 Å². The highest BCUT2D eigenvalue weighted by molar-refractivity contribution is 6.33. The third kappa shape index (κ3) is 3.20. The first-order valence-corrected chi connectivity index (χ1v) is 6.35. The fraction of sp³-hybridized carbons (Fsp3) is 0.462. The zero-order valence-electron chi connectivity index (χ0n) is 9.79. The number of nitrogens with two attached hydrogens (primary N) is 1. The Kier molecular flexibility index (Phi) is 4.02. The average molecular weight is 253 g/mol. The molecule has 0 amide bonds. The quantitative estimate of drug-likeness (QED) is 0.662. The minimum Gasteiger partial charge on any atom is -0.398 e. The van der Waals surface area contributed by atoms with E-state index in [2.05, 4.69) is 4.90 Å². The van der Waals surface area contributed by atoms with E-state index in [0.29, 0.717) is 22.7 Å². The van der Waals surface area contributed by atoms with Crippen LogP contribution in [0.5, 0.6) is 0 Å². The molecule has 0 bridgehead atoms. The maximum atomic E-state index is 11.9. The zero-order valence-corrected chi connectivity index (χ0v) is 10.5. The van der Waals surface area contributed by atoms with Gasteiger partial charge in [0.25, 0.3) is 0 Å². The van der Waals surface area contributed by atoms with Gasteiger partial charge in [-0.25, -0.2) is 0 Å². The molecule has 0 aliphatic carbocycles. The summed E-state index contributed by atoms with van der Waals surface area (Å²) in [6.07, 6.45) is 3.06. The summed E-state index contributed by atoms with van der Waals surface area (Å²) < 4.78 is 0. The molecule has 17 heavy (non-hydrogen) atoms. The Labute approximate surface area is 107 Å². The predicted octanol–water partition coefficient (Wildman–Crippen LogP) is 2.59. The Balaban J connectivity index is 1.92. The standard InChI is InChI=1S/C13H17ClN2O/c14-11-4-3-10(9-12(11)15)13(17)5-8-16-6-1-2-7-16/h3-4,9H,1-2,5-8,15H2. The number of benzene rings is 1. The molecule has 4 heteroatoms. The lowest BCUT2D eigenvalue weighted by Gasteiger charge is -2.13. The molecule has 0 atom stereocenters. The van der Waals surface area contributed by atoms with Gasteiger partial charge < -0.3 is 10.6 Å². The Morgan fingerprint density at radius 3 is 2.71 bits per heavy atom. The van der Waals surface area contributed by atoms with Gasteiger partial charge in [-0.15, -0.1) is 0 Å². The molecule has 0 aromatic heterocycles. The van der Waals surface area contributed by atoms with Crippen LogP contribution in [0.3, 0.4) is 0 Å². The Morgan fingerprint density at radius 2 is 2.06 bits per heavy atom. The van der Waals surface area contributed by atoms with Crippen LogP contribution in [0, 0.1) is 0 Å². The lowest BCUT2D eigenvalue weighted by Crippen LogP contribution is -2.22. The van der Waals surface area contributed by atoms with Crippen molar-refractivity contribution in [1.29, 1.82) is 0 Å². The number of anilines is 1. The summed E-state index contributed by atoms with van der Waals surface area (Å²) in [5.74, 6) is 0.139. The van der Waals surface area contributed by atoms with Crippen molar-refractivity contribution >= 4 is 23.1 Å². The Bertz CT molecular complexity index is 414. The third-order valence-corrected chi connectivity index (χ3v) is 3.52. The number of hydrogen-bond donors (Lipinski definition) is 1. The molecule has 2 rings (SSSR count). The average Bonchev–Trinajstić information content (AvgIpc) is 2.82. The summed E-state index contributed by atoms with van der Waals surface area (Å²) in [5, 5.41) is 0.501. The maximum absolute atomic E-state index is 11.9. The molecule has 1 aliphatic rings. The van der Waals surface area contributed by atoms with Crippen molar-refractivity contribution in [2.24, 2.45) is 0 Å². The second kappa shape index (κ2) is 5.52. The summed E-state index contributed by atoms with van der Waals surface area (Å²) in [6.45, 7) is 3.09. The number of carbonyl (C=O) groups excluding carboxylic acids is 1. The summed E-state index contributed by atoms with van der Waals surface area (Å²) in [5.41, 5.74) is 6.81. The molecule has 0 saturated carbocycles. The maximum Gasteiger partial charge on any atom is 0.164 e. The second-order valence-corrected chi connectivity index (χ2v) is 4.87. The van der Waals surface area contributed by atoms with Crippen molar-refractivity contribution in [1.82, 2.24) is 4.90 Å². The van der Waals surface area contributed by atoms with Crippen LogP contribution in [0.2, 0.25) is 5.02 Å². The van der Waals surface area contributed by atoms with Gasteiger partial charge in [-0.2, -0.15) is 0 Å². The van der Waals surface area contributed by atoms with Crippen molar-refractivity contribution in [2.45, 2.75) is 19.3 Å². The van der Waals surface area contributed by atoms with E-state index in [4.69, 9.17) is 17.3 Å². The minimum absolute atomic E-state index is 0.139. The molecule has 2 N–H and O–H groups in total. The van der Waals surface area contributed by atoms with Gasteiger partial charge in [-0.1, -0.05) is 11.6 Å². The van der Waals surface area contributed by atoms with Crippen LogP contribution >= 0.6 is 11.6 Å². The van der Waals surface area contributed by atoms with E-state index in [0.717, 1.165) is 19.6 Å². The molecule has 0 radical (unpaired) electrons. The SMILES string of the molecule is Nc1cc(C(=O)CCN2CCCC2)ccc1Cl. The minimum atomic E-state index is 0.139. The van der Waals surface area contributed by atoms with E-state index in [1.807, 2.05) is 0 Å². The van der Waals surface area contributed by atoms with Crippen LogP contribution in [-0.2, 0) is 0 Å². The Hall–Kier alpha value is -1.06. The molecular weight excluding hydrogens is 236 g/mol. The number of Topliss-reactive ketones (excluding diaryl/α,β-unsaturated/α-hetero) is 1.